The lowest BCUT2D eigenvalue weighted by atomic mass is 10.1. The first kappa shape index (κ1) is 16.6. The van der Waals surface area contributed by atoms with E-state index >= 15 is 0 Å². The van der Waals surface area contributed by atoms with Gasteiger partial charge in [-0.15, -0.1) is 0 Å². The Balaban J connectivity index is 1.90. The number of ether oxygens (including phenoxy) is 1. The van der Waals surface area contributed by atoms with Crippen LogP contribution in [0, 0.1) is 0 Å². The summed E-state index contributed by atoms with van der Waals surface area (Å²) in [6.07, 6.45) is 7.14. The second-order valence-electron chi connectivity index (χ2n) is 6.26. The molecule has 7 heteroatoms. The molecule has 2 aromatic rings. The van der Waals surface area contributed by atoms with Gasteiger partial charge in [-0.1, -0.05) is 0 Å². The summed E-state index contributed by atoms with van der Waals surface area (Å²) in [6.45, 7) is 5.00. The van der Waals surface area contributed by atoms with Gasteiger partial charge in [-0.2, -0.15) is 5.10 Å². The maximum atomic E-state index is 12.2. The molecule has 0 unspecified atom stereocenters. The minimum atomic E-state index is -0.0319. The Labute approximate surface area is 141 Å². The highest BCUT2D eigenvalue weighted by molar-refractivity contribution is 5.78. The van der Waals surface area contributed by atoms with E-state index in [1.807, 2.05) is 15.6 Å². The molecule has 0 bridgehead atoms. The van der Waals surface area contributed by atoms with Crippen LogP contribution >= 0.6 is 0 Å². The van der Waals surface area contributed by atoms with Gasteiger partial charge in [0, 0.05) is 25.9 Å². The number of hydrogen-bond donors (Lipinski definition) is 0. The standard InChI is InChI=1S/C17H23N5O2/c1-12(2)22-16(6-7-19-22)14-10-18-9-13(20-14)15-5-4-8-21(15)17(23)11-24-3/h6-7,9-10,12,15H,4-5,8,11H2,1-3H3/t15-/m0/s1. The van der Waals surface area contributed by atoms with Crippen LogP contribution in [0.25, 0.3) is 11.4 Å². The number of rotatable bonds is 5. The number of methoxy groups -OCH3 is 1. The normalized spacial score (nSPS) is 17.7. The van der Waals surface area contributed by atoms with Crippen molar-refractivity contribution in [2.24, 2.45) is 0 Å². The number of aromatic nitrogens is 4. The first-order valence-corrected chi connectivity index (χ1v) is 8.26. The van der Waals surface area contributed by atoms with Crippen LogP contribution in [0.2, 0.25) is 0 Å². The van der Waals surface area contributed by atoms with Crippen molar-refractivity contribution in [3.8, 4) is 11.4 Å². The lowest BCUT2D eigenvalue weighted by molar-refractivity contribution is -0.136. The largest absolute Gasteiger partial charge is 0.375 e. The minimum absolute atomic E-state index is 0.000532. The fourth-order valence-electron chi connectivity index (χ4n) is 3.17. The number of carbonyl (C=O) groups is 1. The number of carbonyl (C=O) groups excluding carboxylic acids is 1. The summed E-state index contributed by atoms with van der Waals surface area (Å²) in [7, 11) is 1.54. The molecule has 0 N–H and O–H groups in total. The third-order valence-electron chi connectivity index (χ3n) is 4.26. The van der Waals surface area contributed by atoms with E-state index in [-0.39, 0.29) is 24.6 Å². The minimum Gasteiger partial charge on any atom is -0.375 e. The maximum absolute atomic E-state index is 12.2. The van der Waals surface area contributed by atoms with E-state index in [2.05, 4.69) is 23.9 Å². The third kappa shape index (κ3) is 3.17. The van der Waals surface area contributed by atoms with Gasteiger partial charge >= 0.3 is 0 Å². The summed E-state index contributed by atoms with van der Waals surface area (Å²) in [5, 5.41) is 4.35. The summed E-state index contributed by atoms with van der Waals surface area (Å²) < 4.78 is 6.91. The molecule has 24 heavy (non-hydrogen) atoms. The van der Waals surface area contributed by atoms with Crippen LogP contribution in [0.15, 0.2) is 24.7 Å². The topological polar surface area (TPSA) is 73.1 Å². The molecule has 0 radical (unpaired) electrons. The summed E-state index contributed by atoms with van der Waals surface area (Å²) in [5.41, 5.74) is 2.54. The molecule has 7 nitrogen and oxygen atoms in total. The van der Waals surface area contributed by atoms with Gasteiger partial charge in [0.1, 0.15) is 12.3 Å². The average molecular weight is 329 g/mol. The van der Waals surface area contributed by atoms with Gasteiger partial charge in [0.25, 0.3) is 0 Å². The van der Waals surface area contributed by atoms with E-state index in [9.17, 15) is 4.79 Å². The monoisotopic (exact) mass is 329 g/mol. The van der Waals surface area contributed by atoms with Crippen LogP contribution < -0.4 is 0 Å². The van der Waals surface area contributed by atoms with Crippen LogP contribution in [-0.4, -0.2) is 50.8 Å². The second kappa shape index (κ2) is 7.09. The van der Waals surface area contributed by atoms with Gasteiger partial charge in [-0.3, -0.25) is 14.5 Å². The molecule has 1 fully saturated rings. The van der Waals surface area contributed by atoms with Crippen LogP contribution in [0.4, 0.5) is 0 Å². The van der Waals surface area contributed by atoms with Crippen molar-refractivity contribution >= 4 is 5.91 Å². The zero-order chi connectivity index (χ0) is 17.1. The fraction of sp³-hybridized carbons (Fsp3) is 0.529. The lowest BCUT2D eigenvalue weighted by Crippen LogP contribution is -2.33. The molecule has 0 aromatic carbocycles. The van der Waals surface area contributed by atoms with Gasteiger partial charge < -0.3 is 9.64 Å². The number of hydrogen-bond acceptors (Lipinski definition) is 5. The van der Waals surface area contributed by atoms with Crippen molar-refractivity contribution in [2.45, 2.75) is 38.8 Å². The zero-order valence-electron chi connectivity index (χ0n) is 14.3. The van der Waals surface area contributed by atoms with Crippen LogP contribution in [0.5, 0.6) is 0 Å². The quantitative estimate of drug-likeness (QED) is 0.841. The summed E-state index contributed by atoms with van der Waals surface area (Å²) in [6, 6.07) is 2.15. The Morgan fingerprint density at radius 1 is 1.42 bits per heavy atom. The van der Waals surface area contributed by atoms with Crippen molar-refractivity contribution in [1.29, 1.82) is 0 Å². The fourth-order valence-corrected chi connectivity index (χ4v) is 3.17. The van der Waals surface area contributed by atoms with Gasteiger partial charge in [-0.25, -0.2) is 4.98 Å². The first-order chi connectivity index (χ1) is 11.6. The summed E-state index contributed by atoms with van der Waals surface area (Å²) >= 11 is 0. The van der Waals surface area contributed by atoms with Crippen molar-refractivity contribution in [3.05, 3.63) is 30.4 Å². The Kier molecular flexibility index (Phi) is 4.89. The molecular weight excluding hydrogens is 306 g/mol. The molecule has 1 aliphatic heterocycles. The molecule has 1 saturated heterocycles. The second-order valence-corrected chi connectivity index (χ2v) is 6.26. The molecule has 3 heterocycles. The van der Waals surface area contributed by atoms with Crippen LogP contribution in [0.1, 0.15) is 44.5 Å². The molecule has 128 valence electrons. The summed E-state index contributed by atoms with van der Waals surface area (Å²) in [5.74, 6) is -0.000532. The average Bonchev–Trinajstić information content (AvgIpc) is 3.24. The van der Waals surface area contributed by atoms with Crippen LogP contribution in [-0.2, 0) is 9.53 Å². The third-order valence-corrected chi connectivity index (χ3v) is 4.26. The van der Waals surface area contributed by atoms with Gasteiger partial charge in [0.2, 0.25) is 5.91 Å². The molecule has 1 atom stereocenters. The highest BCUT2D eigenvalue weighted by Crippen LogP contribution is 2.31. The Bertz CT molecular complexity index is 713. The Hall–Kier alpha value is -2.28. The molecule has 0 aliphatic carbocycles. The van der Waals surface area contributed by atoms with E-state index in [1.54, 1.807) is 18.6 Å². The van der Waals surface area contributed by atoms with Gasteiger partial charge in [0.15, 0.2) is 0 Å². The van der Waals surface area contributed by atoms with Crippen molar-refractivity contribution in [3.63, 3.8) is 0 Å². The first-order valence-electron chi connectivity index (χ1n) is 8.26. The van der Waals surface area contributed by atoms with Gasteiger partial charge in [-0.05, 0) is 32.8 Å². The van der Waals surface area contributed by atoms with Crippen molar-refractivity contribution < 1.29 is 9.53 Å². The Morgan fingerprint density at radius 3 is 3.00 bits per heavy atom. The Morgan fingerprint density at radius 2 is 2.25 bits per heavy atom. The smallest absolute Gasteiger partial charge is 0.249 e. The molecule has 1 aliphatic rings. The van der Waals surface area contributed by atoms with Crippen molar-refractivity contribution in [2.75, 3.05) is 20.3 Å². The molecular formula is C17H23N5O2. The van der Waals surface area contributed by atoms with E-state index in [0.29, 0.717) is 0 Å². The predicted molar refractivity (Wildman–Crippen MR) is 89.2 cm³/mol. The predicted octanol–water partition coefficient (Wildman–Crippen LogP) is 2.23. The molecule has 0 saturated carbocycles. The van der Waals surface area contributed by atoms with E-state index < -0.39 is 0 Å². The highest BCUT2D eigenvalue weighted by atomic mass is 16.5. The molecule has 1 amide bonds. The number of likely N-dealkylation sites (tertiary alicyclic amines) is 1. The number of amides is 1. The molecule has 3 rings (SSSR count). The van der Waals surface area contributed by atoms with Gasteiger partial charge in [0.05, 0.1) is 29.8 Å². The van der Waals surface area contributed by atoms with E-state index in [0.717, 1.165) is 36.5 Å². The van der Waals surface area contributed by atoms with E-state index in [1.165, 1.54) is 7.11 Å². The molecule has 2 aromatic heterocycles. The SMILES string of the molecule is COCC(=O)N1CCC[C@H]1c1cncc(-c2ccnn2C(C)C)n1. The molecule has 0 spiro atoms. The lowest BCUT2D eigenvalue weighted by Gasteiger charge is -2.24. The van der Waals surface area contributed by atoms with Crippen molar-refractivity contribution in [1.82, 2.24) is 24.6 Å². The highest BCUT2D eigenvalue weighted by Gasteiger charge is 2.31. The number of nitrogens with zero attached hydrogens (tertiary/aromatic N) is 5. The summed E-state index contributed by atoms with van der Waals surface area (Å²) in [4.78, 5) is 23.2. The van der Waals surface area contributed by atoms with Crippen LogP contribution in [0.3, 0.4) is 0 Å². The maximum Gasteiger partial charge on any atom is 0.249 e. The van der Waals surface area contributed by atoms with E-state index in [4.69, 9.17) is 9.72 Å². The zero-order valence-corrected chi connectivity index (χ0v) is 14.3.